The second-order valence-electron chi connectivity index (χ2n) is 11.4. The van der Waals surface area contributed by atoms with Gasteiger partial charge in [0, 0.05) is 22.3 Å². The molecule has 178 valence electrons. The Morgan fingerprint density at radius 3 is 2.00 bits per heavy atom. The average Bonchev–Trinajstić information content (AvgIpc) is 3.01. The molecule has 0 heterocycles. The van der Waals surface area contributed by atoms with Crippen molar-refractivity contribution >= 4 is 11.4 Å². The molecule has 5 rings (SSSR count). The van der Waals surface area contributed by atoms with Gasteiger partial charge >= 0.3 is 0 Å². The molecular formula is C33H34FN. The predicted octanol–water partition coefficient (Wildman–Crippen LogP) is 9.35. The zero-order valence-electron chi connectivity index (χ0n) is 21.8. The van der Waals surface area contributed by atoms with Crippen LogP contribution in [0.2, 0.25) is 0 Å². The van der Waals surface area contributed by atoms with Gasteiger partial charge in [0.05, 0.1) is 0 Å². The summed E-state index contributed by atoms with van der Waals surface area (Å²) in [6.07, 6.45) is 0. The van der Waals surface area contributed by atoms with Crippen LogP contribution in [0.25, 0.3) is 22.3 Å². The highest BCUT2D eigenvalue weighted by atomic mass is 19.1. The first-order chi connectivity index (χ1) is 16.5. The number of benzene rings is 4. The topological polar surface area (TPSA) is 3.24 Å². The minimum Gasteiger partial charge on any atom is -0.336 e. The molecule has 4 aromatic carbocycles. The second-order valence-corrected chi connectivity index (χ2v) is 11.4. The van der Waals surface area contributed by atoms with Gasteiger partial charge in [-0.2, -0.15) is 0 Å². The van der Waals surface area contributed by atoms with Gasteiger partial charge in [-0.1, -0.05) is 68.4 Å². The Kier molecular flexibility index (Phi) is 5.40. The lowest BCUT2D eigenvalue weighted by molar-refractivity contribution is 0.558. The minimum atomic E-state index is -0.230. The van der Waals surface area contributed by atoms with Gasteiger partial charge < -0.3 is 4.90 Å². The summed E-state index contributed by atoms with van der Waals surface area (Å²) < 4.78 is 14.2. The first-order valence-electron chi connectivity index (χ1n) is 12.4. The molecule has 0 spiro atoms. The summed E-state index contributed by atoms with van der Waals surface area (Å²) in [6.45, 7) is 15.6. The summed E-state index contributed by atoms with van der Waals surface area (Å²) in [5, 5.41) is 0. The molecule has 1 nitrogen and oxygen atoms in total. The molecule has 2 heteroatoms. The van der Waals surface area contributed by atoms with Crippen LogP contribution in [0.15, 0.2) is 78.9 Å². The van der Waals surface area contributed by atoms with Crippen molar-refractivity contribution in [1.82, 2.24) is 0 Å². The number of hydrogen-bond donors (Lipinski definition) is 0. The quantitative estimate of drug-likeness (QED) is 0.292. The molecule has 0 fully saturated rings. The highest BCUT2D eigenvalue weighted by Gasteiger charge is 2.37. The van der Waals surface area contributed by atoms with E-state index in [1.54, 1.807) is 12.1 Å². The Bertz CT molecular complexity index is 1420. The first-order valence-corrected chi connectivity index (χ1v) is 12.4. The first kappa shape index (κ1) is 23.4. The van der Waals surface area contributed by atoms with E-state index < -0.39 is 0 Å². The summed E-state index contributed by atoms with van der Waals surface area (Å²) in [7, 11) is 0. The van der Waals surface area contributed by atoms with Gasteiger partial charge in [0.15, 0.2) is 0 Å². The molecule has 0 aliphatic heterocycles. The Morgan fingerprint density at radius 1 is 0.657 bits per heavy atom. The molecule has 0 saturated heterocycles. The van der Waals surface area contributed by atoms with Crippen LogP contribution < -0.4 is 4.90 Å². The molecule has 0 saturated carbocycles. The summed E-state index contributed by atoms with van der Waals surface area (Å²) in [5.41, 5.74) is 11.6. The number of anilines is 2. The van der Waals surface area contributed by atoms with Crippen LogP contribution >= 0.6 is 0 Å². The molecule has 4 aromatic rings. The molecule has 35 heavy (non-hydrogen) atoms. The largest absolute Gasteiger partial charge is 0.336 e. The van der Waals surface area contributed by atoms with Crippen molar-refractivity contribution in [3.05, 3.63) is 107 Å². The van der Waals surface area contributed by atoms with E-state index in [9.17, 15) is 4.39 Å². The number of halogens is 1. The van der Waals surface area contributed by atoms with Crippen LogP contribution in [0.5, 0.6) is 0 Å². The SMILES string of the molecule is Cc1ccc(-c2ccccc2)cc1N(c1cc2c(cc1C)C(C)(C)c1cc(F)ccc1-2)C(C)(C)C. The Morgan fingerprint density at radius 2 is 1.31 bits per heavy atom. The number of nitrogens with zero attached hydrogens (tertiary/aromatic N) is 1. The van der Waals surface area contributed by atoms with Crippen LogP contribution in [0.4, 0.5) is 15.8 Å². The number of fused-ring (bicyclic) bond motifs is 3. The number of aryl methyl sites for hydroxylation is 2. The molecule has 1 aliphatic rings. The highest BCUT2D eigenvalue weighted by molar-refractivity contribution is 5.86. The lowest BCUT2D eigenvalue weighted by Crippen LogP contribution is -2.38. The smallest absolute Gasteiger partial charge is 0.123 e. The van der Waals surface area contributed by atoms with E-state index in [1.165, 1.54) is 44.8 Å². The van der Waals surface area contributed by atoms with Gasteiger partial charge in [-0.25, -0.2) is 4.39 Å². The van der Waals surface area contributed by atoms with Crippen molar-refractivity contribution in [2.24, 2.45) is 0 Å². The lowest BCUT2D eigenvalue weighted by atomic mass is 9.81. The molecule has 0 bridgehead atoms. The van der Waals surface area contributed by atoms with Crippen LogP contribution in [0, 0.1) is 19.7 Å². The third kappa shape index (κ3) is 3.86. The van der Waals surface area contributed by atoms with E-state index in [0.29, 0.717) is 0 Å². The van der Waals surface area contributed by atoms with Crippen LogP contribution in [-0.4, -0.2) is 5.54 Å². The average molecular weight is 464 g/mol. The maximum absolute atomic E-state index is 14.2. The van der Waals surface area contributed by atoms with Crippen LogP contribution in [0.3, 0.4) is 0 Å². The minimum absolute atomic E-state index is 0.154. The van der Waals surface area contributed by atoms with E-state index in [0.717, 1.165) is 11.1 Å². The molecule has 0 amide bonds. The summed E-state index contributed by atoms with van der Waals surface area (Å²) in [4.78, 5) is 2.47. The Labute approximate surface area is 209 Å². The molecule has 0 atom stereocenters. The van der Waals surface area contributed by atoms with Gasteiger partial charge in [0.2, 0.25) is 0 Å². The number of rotatable bonds is 3. The van der Waals surface area contributed by atoms with Gasteiger partial charge in [0.25, 0.3) is 0 Å². The number of hydrogen-bond acceptors (Lipinski definition) is 1. The van der Waals surface area contributed by atoms with Gasteiger partial charge in [0.1, 0.15) is 5.82 Å². The molecule has 0 radical (unpaired) electrons. The monoisotopic (exact) mass is 463 g/mol. The highest BCUT2D eigenvalue weighted by Crippen LogP contribution is 2.52. The summed E-state index contributed by atoms with van der Waals surface area (Å²) in [5.74, 6) is -0.175. The Balaban J connectivity index is 1.73. The van der Waals surface area contributed by atoms with Crippen molar-refractivity contribution in [2.45, 2.75) is 59.4 Å². The van der Waals surface area contributed by atoms with Crippen molar-refractivity contribution in [3.8, 4) is 22.3 Å². The molecule has 0 unspecified atom stereocenters. The third-order valence-corrected chi connectivity index (χ3v) is 7.42. The van der Waals surface area contributed by atoms with E-state index in [-0.39, 0.29) is 16.8 Å². The lowest BCUT2D eigenvalue weighted by Gasteiger charge is -2.40. The molecule has 0 N–H and O–H groups in total. The van der Waals surface area contributed by atoms with Crippen molar-refractivity contribution in [2.75, 3.05) is 4.90 Å². The molecular weight excluding hydrogens is 429 g/mol. The maximum Gasteiger partial charge on any atom is 0.123 e. The zero-order valence-corrected chi connectivity index (χ0v) is 21.8. The summed E-state index contributed by atoms with van der Waals surface area (Å²) >= 11 is 0. The van der Waals surface area contributed by atoms with Gasteiger partial charge in [-0.05, 0) is 103 Å². The standard InChI is InChI=1S/C33H34FN/c1-21-13-14-24(23-11-9-8-10-12-23)18-30(21)35(32(3,4)5)31-20-27-26-16-15-25(34)19-29(26)33(6,7)28(27)17-22(31)2/h8-20H,1-7H3. The van der Waals surface area contributed by atoms with E-state index >= 15 is 0 Å². The third-order valence-electron chi connectivity index (χ3n) is 7.42. The Hall–Kier alpha value is -3.39. The maximum atomic E-state index is 14.2. The van der Waals surface area contributed by atoms with E-state index in [1.807, 2.05) is 6.07 Å². The van der Waals surface area contributed by atoms with Crippen molar-refractivity contribution in [1.29, 1.82) is 0 Å². The fourth-order valence-corrected chi connectivity index (χ4v) is 5.60. The van der Waals surface area contributed by atoms with Crippen LogP contribution in [-0.2, 0) is 5.41 Å². The van der Waals surface area contributed by atoms with Crippen molar-refractivity contribution < 1.29 is 4.39 Å². The normalized spacial score (nSPS) is 13.9. The second kappa shape index (κ2) is 8.09. The van der Waals surface area contributed by atoms with Crippen LogP contribution in [0.1, 0.15) is 56.9 Å². The van der Waals surface area contributed by atoms with Gasteiger partial charge in [-0.15, -0.1) is 0 Å². The zero-order chi connectivity index (χ0) is 25.1. The van der Waals surface area contributed by atoms with Crippen molar-refractivity contribution in [3.63, 3.8) is 0 Å². The fourth-order valence-electron chi connectivity index (χ4n) is 5.60. The predicted molar refractivity (Wildman–Crippen MR) is 147 cm³/mol. The van der Waals surface area contributed by atoms with Gasteiger partial charge in [-0.3, -0.25) is 0 Å². The molecule has 0 aromatic heterocycles. The van der Waals surface area contributed by atoms with E-state index in [4.69, 9.17) is 0 Å². The fraction of sp³-hybridized carbons (Fsp3) is 0.273. The molecule has 1 aliphatic carbocycles. The van der Waals surface area contributed by atoms with E-state index in [2.05, 4.69) is 114 Å². The summed E-state index contributed by atoms with van der Waals surface area (Å²) in [6, 6.07) is 27.2.